The molecule has 0 aromatic heterocycles. The Morgan fingerprint density at radius 3 is 1.75 bits per heavy atom. The summed E-state index contributed by atoms with van der Waals surface area (Å²) in [5, 5.41) is 18.0. The fraction of sp³-hybridized carbons (Fsp3) is 0.176. The molecule has 3 nitrogen and oxygen atoms in total. The number of hydrogen-bond acceptors (Lipinski definition) is 3. The molecule has 0 radical (unpaired) electrons. The van der Waals surface area contributed by atoms with Crippen LogP contribution in [0.2, 0.25) is 0 Å². The number of aliphatic hydroxyl groups excluding tert-OH is 2. The molecular formula is C17H18O3. The zero-order valence-electron chi connectivity index (χ0n) is 11.2. The third kappa shape index (κ3) is 3.70. The summed E-state index contributed by atoms with van der Waals surface area (Å²) in [7, 11) is 0. The summed E-state index contributed by atoms with van der Waals surface area (Å²) >= 11 is 0. The summed E-state index contributed by atoms with van der Waals surface area (Å²) < 4.78 is 5.64. The highest BCUT2D eigenvalue weighted by molar-refractivity contribution is 5.57. The fourth-order valence-electron chi connectivity index (χ4n) is 1.79. The van der Waals surface area contributed by atoms with Crippen LogP contribution in [0.25, 0.3) is 5.76 Å². The molecule has 0 aliphatic heterocycles. The van der Waals surface area contributed by atoms with Crippen molar-refractivity contribution in [3.8, 4) is 0 Å². The Balaban J connectivity index is 1.93. The third-order valence-electron chi connectivity index (χ3n) is 3.08. The normalized spacial score (nSPS) is 10.3. The van der Waals surface area contributed by atoms with Gasteiger partial charge < -0.3 is 14.9 Å². The largest absolute Gasteiger partial charge is 0.489 e. The third-order valence-corrected chi connectivity index (χ3v) is 3.08. The Labute approximate surface area is 118 Å². The van der Waals surface area contributed by atoms with Gasteiger partial charge in [-0.3, -0.25) is 0 Å². The Hall–Kier alpha value is -2.10. The molecule has 2 aromatic carbocycles. The van der Waals surface area contributed by atoms with Crippen LogP contribution in [-0.2, 0) is 24.6 Å². The molecule has 0 heterocycles. The molecule has 0 saturated carbocycles. The van der Waals surface area contributed by atoms with Crippen LogP contribution >= 0.6 is 0 Å². The van der Waals surface area contributed by atoms with E-state index in [1.165, 1.54) is 0 Å². The van der Waals surface area contributed by atoms with Crippen LogP contribution in [0, 0.1) is 0 Å². The molecule has 20 heavy (non-hydrogen) atoms. The molecule has 2 N–H and O–H groups in total. The summed E-state index contributed by atoms with van der Waals surface area (Å²) in [4.78, 5) is 0. The van der Waals surface area contributed by atoms with Gasteiger partial charge in [0.25, 0.3) is 0 Å². The Morgan fingerprint density at radius 1 is 0.800 bits per heavy atom. The first-order chi connectivity index (χ1) is 9.72. The van der Waals surface area contributed by atoms with E-state index in [9.17, 15) is 0 Å². The number of rotatable bonds is 6. The molecule has 2 rings (SSSR count). The van der Waals surface area contributed by atoms with Gasteiger partial charge in [0.2, 0.25) is 0 Å². The summed E-state index contributed by atoms with van der Waals surface area (Å²) in [5.74, 6) is 0.598. The monoisotopic (exact) mass is 270 g/mol. The standard InChI is InChI=1S/C17H18O3/c1-13(17-8-6-15(11-19)7-9-17)20-12-16-4-2-14(10-18)3-5-16/h2-9,18-19H,1,10-12H2. The van der Waals surface area contributed by atoms with Gasteiger partial charge in [-0.15, -0.1) is 0 Å². The van der Waals surface area contributed by atoms with Crippen LogP contribution in [0.4, 0.5) is 0 Å². The van der Waals surface area contributed by atoms with Gasteiger partial charge in [-0.25, -0.2) is 0 Å². The van der Waals surface area contributed by atoms with E-state index in [1.807, 2.05) is 48.5 Å². The minimum absolute atomic E-state index is 0.0326. The lowest BCUT2D eigenvalue weighted by Crippen LogP contribution is -1.94. The second-order valence-electron chi connectivity index (χ2n) is 4.54. The van der Waals surface area contributed by atoms with Crippen molar-refractivity contribution in [1.29, 1.82) is 0 Å². The summed E-state index contributed by atoms with van der Waals surface area (Å²) in [6, 6.07) is 15.0. The van der Waals surface area contributed by atoms with E-state index in [4.69, 9.17) is 14.9 Å². The van der Waals surface area contributed by atoms with Crippen molar-refractivity contribution in [3.63, 3.8) is 0 Å². The van der Waals surface area contributed by atoms with Gasteiger partial charge in [0, 0.05) is 5.56 Å². The molecule has 0 aliphatic rings. The first-order valence-electron chi connectivity index (χ1n) is 6.43. The van der Waals surface area contributed by atoms with Crippen molar-refractivity contribution < 1.29 is 14.9 Å². The van der Waals surface area contributed by atoms with Crippen LogP contribution < -0.4 is 0 Å². The quantitative estimate of drug-likeness (QED) is 0.794. The smallest absolute Gasteiger partial charge is 0.119 e. The maximum absolute atomic E-state index is 8.99. The highest BCUT2D eigenvalue weighted by atomic mass is 16.5. The minimum Gasteiger partial charge on any atom is -0.489 e. The zero-order chi connectivity index (χ0) is 14.4. The number of hydrogen-bond donors (Lipinski definition) is 2. The Bertz CT molecular complexity index is 556. The van der Waals surface area contributed by atoms with Gasteiger partial charge in [0.1, 0.15) is 12.4 Å². The van der Waals surface area contributed by atoms with Crippen molar-refractivity contribution in [2.75, 3.05) is 0 Å². The van der Waals surface area contributed by atoms with Crippen molar-refractivity contribution in [1.82, 2.24) is 0 Å². The van der Waals surface area contributed by atoms with Gasteiger partial charge in [0.05, 0.1) is 13.2 Å². The first-order valence-corrected chi connectivity index (χ1v) is 6.43. The van der Waals surface area contributed by atoms with Gasteiger partial charge in [-0.05, 0) is 16.7 Å². The molecule has 104 valence electrons. The maximum atomic E-state index is 8.99. The van der Waals surface area contributed by atoms with Crippen molar-refractivity contribution in [3.05, 3.63) is 77.4 Å². The van der Waals surface area contributed by atoms with Gasteiger partial charge in [-0.2, -0.15) is 0 Å². The number of ether oxygens (including phenoxy) is 1. The van der Waals surface area contributed by atoms with Crippen LogP contribution in [0.3, 0.4) is 0 Å². The predicted octanol–water partition coefficient (Wildman–Crippen LogP) is 2.86. The Morgan fingerprint density at radius 2 is 1.25 bits per heavy atom. The van der Waals surface area contributed by atoms with E-state index in [2.05, 4.69) is 6.58 Å². The van der Waals surface area contributed by atoms with Crippen LogP contribution in [-0.4, -0.2) is 10.2 Å². The number of aliphatic hydroxyl groups is 2. The van der Waals surface area contributed by atoms with E-state index < -0.39 is 0 Å². The number of benzene rings is 2. The Kier molecular flexibility index (Phi) is 4.93. The molecular weight excluding hydrogens is 252 g/mol. The first kappa shape index (κ1) is 14.3. The van der Waals surface area contributed by atoms with Gasteiger partial charge in [0.15, 0.2) is 0 Å². The molecule has 2 aromatic rings. The average molecular weight is 270 g/mol. The molecule has 0 amide bonds. The fourth-order valence-corrected chi connectivity index (χ4v) is 1.79. The van der Waals surface area contributed by atoms with Crippen LogP contribution in [0.5, 0.6) is 0 Å². The van der Waals surface area contributed by atoms with Crippen molar-refractivity contribution in [2.45, 2.75) is 19.8 Å². The minimum atomic E-state index is 0.0326. The molecule has 0 saturated heterocycles. The van der Waals surface area contributed by atoms with Gasteiger partial charge in [-0.1, -0.05) is 55.1 Å². The van der Waals surface area contributed by atoms with Crippen molar-refractivity contribution in [2.24, 2.45) is 0 Å². The molecule has 0 unspecified atom stereocenters. The van der Waals surface area contributed by atoms with Crippen molar-refractivity contribution >= 4 is 5.76 Å². The highest BCUT2D eigenvalue weighted by Crippen LogP contribution is 2.17. The van der Waals surface area contributed by atoms with Crippen LogP contribution in [0.15, 0.2) is 55.1 Å². The van der Waals surface area contributed by atoms with E-state index >= 15 is 0 Å². The average Bonchev–Trinajstić information content (AvgIpc) is 2.53. The second kappa shape index (κ2) is 6.89. The molecule has 0 atom stereocenters. The predicted molar refractivity (Wildman–Crippen MR) is 78.6 cm³/mol. The molecule has 0 spiro atoms. The van der Waals surface area contributed by atoms with Crippen LogP contribution in [0.1, 0.15) is 22.3 Å². The topological polar surface area (TPSA) is 49.7 Å². The lowest BCUT2D eigenvalue weighted by molar-refractivity contribution is 0.264. The molecule has 0 bridgehead atoms. The lowest BCUT2D eigenvalue weighted by atomic mass is 10.1. The summed E-state index contributed by atoms with van der Waals surface area (Å²) in [5.41, 5.74) is 3.66. The highest BCUT2D eigenvalue weighted by Gasteiger charge is 2.01. The molecule has 0 fully saturated rings. The summed E-state index contributed by atoms with van der Waals surface area (Å²) in [6.45, 7) is 4.42. The van der Waals surface area contributed by atoms with E-state index in [0.717, 1.165) is 22.3 Å². The summed E-state index contributed by atoms with van der Waals surface area (Å²) in [6.07, 6.45) is 0. The lowest BCUT2D eigenvalue weighted by Gasteiger charge is -2.10. The maximum Gasteiger partial charge on any atom is 0.119 e. The SMILES string of the molecule is C=C(OCc1ccc(CO)cc1)c1ccc(CO)cc1. The van der Waals surface area contributed by atoms with E-state index in [1.54, 1.807) is 0 Å². The molecule has 3 heteroatoms. The van der Waals surface area contributed by atoms with E-state index in [-0.39, 0.29) is 13.2 Å². The van der Waals surface area contributed by atoms with Gasteiger partial charge >= 0.3 is 0 Å². The van der Waals surface area contributed by atoms with E-state index in [0.29, 0.717) is 12.4 Å². The second-order valence-corrected chi connectivity index (χ2v) is 4.54. The zero-order valence-corrected chi connectivity index (χ0v) is 11.2. The molecule has 0 aliphatic carbocycles.